The maximum Gasteiger partial charge on any atom is 0.407 e. The zero-order chi connectivity index (χ0) is 15.9. The van der Waals surface area contributed by atoms with E-state index in [-0.39, 0.29) is 5.91 Å². The van der Waals surface area contributed by atoms with Gasteiger partial charge in [-0.25, -0.2) is 4.79 Å². The first-order chi connectivity index (χ1) is 9.78. The minimum atomic E-state index is -0.503. The number of nitrogens with zero attached hydrogens (tertiary/aromatic N) is 1. The van der Waals surface area contributed by atoms with E-state index in [1.54, 1.807) is 18.3 Å². The van der Waals surface area contributed by atoms with Gasteiger partial charge >= 0.3 is 6.09 Å². The van der Waals surface area contributed by atoms with Crippen LogP contribution in [-0.4, -0.2) is 35.7 Å². The lowest BCUT2D eigenvalue weighted by Gasteiger charge is -2.19. The fourth-order valence-electron chi connectivity index (χ4n) is 1.50. The highest BCUT2D eigenvalue weighted by Crippen LogP contribution is 2.06. The van der Waals surface area contributed by atoms with E-state index < -0.39 is 11.7 Å². The second-order valence-corrected chi connectivity index (χ2v) is 5.73. The molecule has 0 aliphatic heterocycles. The predicted molar refractivity (Wildman–Crippen MR) is 80.2 cm³/mol. The van der Waals surface area contributed by atoms with Crippen LogP contribution in [0, 0.1) is 6.92 Å². The van der Waals surface area contributed by atoms with E-state index >= 15 is 0 Å². The number of alkyl carbamates (subject to hydrolysis) is 1. The molecule has 0 fully saturated rings. The molecule has 0 aromatic carbocycles. The van der Waals surface area contributed by atoms with E-state index in [4.69, 9.17) is 4.74 Å². The van der Waals surface area contributed by atoms with Crippen LogP contribution in [0.25, 0.3) is 0 Å². The van der Waals surface area contributed by atoms with Crippen LogP contribution >= 0.6 is 0 Å². The van der Waals surface area contributed by atoms with Gasteiger partial charge in [0.2, 0.25) is 0 Å². The van der Waals surface area contributed by atoms with Gasteiger partial charge in [-0.3, -0.25) is 9.78 Å². The average molecular weight is 293 g/mol. The second kappa shape index (κ2) is 7.61. The summed E-state index contributed by atoms with van der Waals surface area (Å²) in [6.45, 7) is 8.21. The van der Waals surface area contributed by atoms with Crippen LogP contribution in [0.15, 0.2) is 18.3 Å². The first-order valence-electron chi connectivity index (χ1n) is 6.95. The molecule has 0 bridgehead atoms. The Morgan fingerprint density at radius 3 is 2.43 bits per heavy atom. The Balaban J connectivity index is 2.18. The van der Waals surface area contributed by atoms with Gasteiger partial charge in [0.15, 0.2) is 0 Å². The lowest BCUT2D eigenvalue weighted by molar-refractivity contribution is 0.0527. The largest absolute Gasteiger partial charge is 0.444 e. The summed E-state index contributed by atoms with van der Waals surface area (Å²) in [6.07, 6.45) is 1.73. The smallest absolute Gasteiger partial charge is 0.407 e. The Kier molecular flexibility index (Phi) is 6.14. The molecular formula is C15H23N3O3. The molecule has 1 rings (SSSR count). The van der Waals surface area contributed by atoms with Crippen molar-refractivity contribution in [2.75, 3.05) is 13.1 Å². The molecule has 116 valence electrons. The Morgan fingerprint density at radius 1 is 1.19 bits per heavy atom. The third-order valence-corrected chi connectivity index (χ3v) is 2.48. The number of nitrogens with one attached hydrogen (secondary N) is 2. The van der Waals surface area contributed by atoms with E-state index in [1.165, 1.54) is 0 Å². The molecule has 0 unspecified atom stereocenters. The Morgan fingerprint density at radius 2 is 1.86 bits per heavy atom. The summed E-state index contributed by atoms with van der Waals surface area (Å²) < 4.78 is 5.10. The zero-order valence-electron chi connectivity index (χ0n) is 13.0. The van der Waals surface area contributed by atoms with Crippen molar-refractivity contribution in [2.45, 2.75) is 39.7 Å². The first kappa shape index (κ1) is 16.9. The summed E-state index contributed by atoms with van der Waals surface area (Å²) in [5, 5.41) is 5.40. The van der Waals surface area contributed by atoms with Crippen LogP contribution in [-0.2, 0) is 4.74 Å². The number of aromatic nitrogens is 1. The number of carbonyl (C=O) groups excluding carboxylic acids is 2. The van der Waals surface area contributed by atoms with Gasteiger partial charge in [0.05, 0.1) is 5.56 Å². The normalized spacial score (nSPS) is 10.9. The number of pyridine rings is 1. The summed E-state index contributed by atoms with van der Waals surface area (Å²) in [6, 6.07) is 3.52. The Hall–Kier alpha value is -2.11. The van der Waals surface area contributed by atoms with Crippen molar-refractivity contribution >= 4 is 12.0 Å². The number of hydrogen-bond donors (Lipinski definition) is 2. The Bertz CT molecular complexity index is 478. The molecule has 6 nitrogen and oxygen atoms in total. The molecule has 0 atom stereocenters. The highest BCUT2D eigenvalue weighted by molar-refractivity contribution is 5.93. The number of amides is 2. The van der Waals surface area contributed by atoms with E-state index in [1.807, 2.05) is 27.7 Å². The van der Waals surface area contributed by atoms with Crippen molar-refractivity contribution in [3.05, 3.63) is 29.6 Å². The highest BCUT2D eigenvalue weighted by atomic mass is 16.6. The van der Waals surface area contributed by atoms with Gasteiger partial charge in [0.25, 0.3) is 5.91 Å². The summed E-state index contributed by atoms with van der Waals surface area (Å²) in [7, 11) is 0. The fraction of sp³-hybridized carbons (Fsp3) is 0.533. The van der Waals surface area contributed by atoms with Gasteiger partial charge in [-0.15, -0.1) is 0 Å². The maximum absolute atomic E-state index is 11.8. The third kappa shape index (κ3) is 7.29. The predicted octanol–water partition coefficient (Wildman–Crippen LogP) is 2.03. The minimum Gasteiger partial charge on any atom is -0.444 e. The van der Waals surface area contributed by atoms with Crippen molar-refractivity contribution in [1.82, 2.24) is 15.6 Å². The van der Waals surface area contributed by atoms with Crippen LogP contribution < -0.4 is 10.6 Å². The fourth-order valence-corrected chi connectivity index (χ4v) is 1.50. The highest BCUT2D eigenvalue weighted by Gasteiger charge is 2.15. The molecule has 0 saturated heterocycles. The zero-order valence-corrected chi connectivity index (χ0v) is 13.0. The quantitative estimate of drug-likeness (QED) is 0.814. The minimum absolute atomic E-state index is 0.167. The third-order valence-electron chi connectivity index (χ3n) is 2.48. The molecule has 0 aliphatic rings. The van der Waals surface area contributed by atoms with Crippen molar-refractivity contribution in [3.8, 4) is 0 Å². The summed E-state index contributed by atoms with van der Waals surface area (Å²) in [5.41, 5.74) is 0.894. The maximum atomic E-state index is 11.8. The number of aryl methyl sites for hydroxylation is 1. The van der Waals surface area contributed by atoms with E-state index in [0.29, 0.717) is 25.1 Å². The lowest BCUT2D eigenvalue weighted by atomic mass is 10.2. The van der Waals surface area contributed by atoms with Crippen molar-refractivity contribution < 1.29 is 14.3 Å². The summed E-state index contributed by atoms with van der Waals surface area (Å²) in [4.78, 5) is 27.2. The van der Waals surface area contributed by atoms with E-state index in [2.05, 4.69) is 15.6 Å². The molecule has 0 radical (unpaired) electrons. The molecule has 21 heavy (non-hydrogen) atoms. The molecule has 0 saturated carbocycles. The van der Waals surface area contributed by atoms with Gasteiger partial charge in [-0.1, -0.05) is 0 Å². The van der Waals surface area contributed by atoms with Crippen molar-refractivity contribution in [2.24, 2.45) is 0 Å². The Labute approximate surface area is 125 Å². The van der Waals surface area contributed by atoms with E-state index in [0.717, 1.165) is 5.69 Å². The number of ether oxygens (including phenoxy) is 1. The monoisotopic (exact) mass is 293 g/mol. The SMILES string of the molecule is Cc1ccc(C(=O)NCCCNC(=O)OC(C)(C)C)cn1. The number of carbonyl (C=O) groups is 2. The van der Waals surface area contributed by atoms with Gasteiger partial charge in [-0.05, 0) is 46.2 Å². The lowest BCUT2D eigenvalue weighted by Crippen LogP contribution is -2.34. The second-order valence-electron chi connectivity index (χ2n) is 5.73. The van der Waals surface area contributed by atoms with Gasteiger partial charge in [0, 0.05) is 25.0 Å². The van der Waals surface area contributed by atoms with Crippen LogP contribution in [0.4, 0.5) is 4.79 Å². The van der Waals surface area contributed by atoms with Crippen LogP contribution in [0.1, 0.15) is 43.2 Å². The molecular weight excluding hydrogens is 270 g/mol. The number of rotatable bonds is 5. The van der Waals surface area contributed by atoms with Gasteiger partial charge < -0.3 is 15.4 Å². The van der Waals surface area contributed by atoms with Crippen LogP contribution in [0.5, 0.6) is 0 Å². The average Bonchev–Trinajstić information content (AvgIpc) is 2.36. The van der Waals surface area contributed by atoms with Gasteiger partial charge in [0.1, 0.15) is 5.60 Å². The number of hydrogen-bond acceptors (Lipinski definition) is 4. The molecule has 1 aromatic rings. The molecule has 0 spiro atoms. The molecule has 2 N–H and O–H groups in total. The standard InChI is InChI=1S/C15H23N3O3/c1-11-6-7-12(10-18-11)13(19)16-8-5-9-17-14(20)21-15(2,3)4/h6-7,10H,5,8-9H2,1-4H3,(H,16,19)(H,17,20). The molecule has 0 aliphatic carbocycles. The molecule has 6 heteroatoms. The molecule has 1 aromatic heterocycles. The van der Waals surface area contributed by atoms with Crippen molar-refractivity contribution in [3.63, 3.8) is 0 Å². The van der Waals surface area contributed by atoms with Gasteiger partial charge in [-0.2, -0.15) is 0 Å². The van der Waals surface area contributed by atoms with Crippen LogP contribution in [0.3, 0.4) is 0 Å². The summed E-state index contributed by atoms with van der Waals surface area (Å²) >= 11 is 0. The molecule has 2 amide bonds. The molecule has 1 heterocycles. The first-order valence-corrected chi connectivity index (χ1v) is 6.95. The summed E-state index contributed by atoms with van der Waals surface area (Å²) in [5.74, 6) is -0.167. The van der Waals surface area contributed by atoms with Crippen molar-refractivity contribution in [1.29, 1.82) is 0 Å². The van der Waals surface area contributed by atoms with E-state index in [9.17, 15) is 9.59 Å². The van der Waals surface area contributed by atoms with Crippen LogP contribution in [0.2, 0.25) is 0 Å². The topological polar surface area (TPSA) is 80.3 Å².